The minimum absolute atomic E-state index is 0.394. The molecule has 0 amide bonds. The van der Waals surface area contributed by atoms with Crippen LogP contribution in [0.25, 0.3) is 0 Å². The first kappa shape index (κ1) is 18.0. The second-order valence-electron chi connectivity index (χ2n) is 5.60. The molecule has 3 nitrogen and oxygen atoms in total. The van der Waals surface area contributed by atoms with E-state index < -0.39 is 0 Å². The van der Waals surface area contributed by atoms with E-state index in [4.69, 9.17) is 4.74 Å². The van der Waals surface area contributed by atoms with Gasteiger partial charge in [0.05, 0.1) is 6.61 Å². The van der Waals surface area contributed by atoms with Gasteiger partial charge in [0, 0.05) is 31.4 Å². The third-order valence-electron chi connectivity index (χ3n) is 3.96. The highest BCUT2D eigenvalue weighted by molar-refractivity contribution is 5.48. The number of benzene rings is 1. The molecule has 0 aliphatic rings. The Balaban J connectivity index is 2.79. The maximum absolute atomic E-state index is 5.28. The zero-order chi connectivity index (χ0) is 15.7. The Bertz CT molecular complexity index is 377. The lowest BCUT2D eigenvalue weighted by Gasteiger charge is -2.30. The van der Waals surface area contributed by atoms with Crippen LogP contribution in [0.4, 0.5) is 5.69 Å². The van der Waals surface area contributed by atoms with Crippen molar-refractivity contribution >= 4 is 5.69 Å². The number of methoxy groups -OCH3 is 1. The predicted molar refractivity (Wildman–Crippen MR) is 92.1 cm³/mol. The van der Waals surface area contributed by atoms with Crippen molar-refractivity contribution in [2.24, 2.45) is 0 Å². The molecule has 1 aromatic carbocycles. The Morgan fingerprint density at radius 1 is 1.14 bits per heavy atom. The van der Waals surface area contributed by atoms with Crippen LogP contribution in [0.1, 0.15) is 52.1 Å². The predicted octanol–water partition coefficient (Wildman–Crippen LogP) is 4.00. The molecular weight excluding hydrogens is 260 g/mol. The molecule has 2 atom stereocenters. The molecule has 0 radical (unpaired) electrons. The third-order valence-corrected chi connectivity index (χ3v) is 3.96. The lowest BCUT2D eigenvalue weighted by atomic mass is 10.0. The first-order valence-electron chi connectivity index (χ1n) is 8.26. The first-order valence-corrected chi connectivity index (χ1v) is 8.26. The van der Waals surface area contributed by atoms with Crippen molar-refractivity contribution in [3.05, 3.63) is 29.8 Å². The molecule has 1 aromatic rings. The van der Waals surface area contributed by atoms with Gasteiger partial charge in [0.15, 0.2) is 0 Å². The van der Waals surface area contributed by atoms with Gasteiger partial charge in [-0.05, 0) is 50.9 Å². The molecule has 0 bridgehead atoms. The number of hydrogen-bond acceptors (Lipinski definition) is 3. The Labute approximate surface area is 130 Å². The quantitative estimate of drug-likeness (QED) is 0.705. The fraction of sp³-hybridized carbons (Fsp3) is 0.667. The van der Waals surface area contributed by atoms with E-state index in [-0.39, 0.29) is 0 Å². The van der Waals surface area contributed by atoms with Crippen LogP contribution >= 0.6 is 0 Å². The van der Waals surface area contributed by atoms with E-state index >= 15 is 0 Å². The molecule has 0 aliphatic carbocycles. The zero-order valence-electron chi connectivity index (χ0n) is 14.4. The van der Waals surface area contributed by atoms with Gasteiger partial charge < -0.3 is 15.0 Å². The van der Waals surface area contributed by atoms with Crippen molar-refractivity contribution in [1.29, 1.82) is 0 Å². The molecule has 1 rings (SSSR count). The van der Waals surface area contributed by atoms with Crippen molar-refractivity contribution in [3.8, 4) is 0 Å². The largest absolute Gasteiger partial charge is 0.383 e. The Morgan fingerprint density at radius 2 is 1.81 bits per heavy atom. The number of hydrogen-bond donors (Lipinski definition) is 1. The summed E-state index contributed by atoms with van der Waals surface area (Å²) in [5.41, 5.74) is 2.65. The molecule has 0 fully saturated rings. The molecule has 3 heteroatoms. The zero-order valence-corrected chi connectivity index (χ0v) is 14.4. The lowest BCUT2D eigenvalue weighted by molar-refractivity contribution is 0.182. The molecule has 0 spiro atoms. The summed E-state index contributed by atoms with van der Waals surface area (Å²) in [5, 5.41) is 3.61. The maximum Gasteiger partial charge on any atom is 0.0663 e. The summed E-state index contributed by atoms with van der Waals surface area (Å²) in [6.07, 6.45) is 2.30. The average molecular weight is 292 g/mol. The summed E-state index contributed by atoms with van der Waals surface area (Å²) in [7, 11) is 1.76. The minimum atomic E-state index is 0.394. The maximum atomic E-state index is 5.28. The van der Waals surface area contributed by atoms with E-state index in [0.29, 0.717) is 12.1 Å². The molecule has 0 saturated carbocycles. The van der Waals surface area contributed by atoms with Crippen LogP contribution in [-0.4, -0.2) is 32.8 Å². The molecule has 0 heterocycles. The van der Waals surface area contributed by atoms with Gasteiger partial charge in [0.25, 0.3) is 0 Å². The van der Waals surface area contributed by atoms with Crippen LogP contribution < -0.4 is 10.2 Å². The minimum Gasteiger partial charge on any atom is -0.383 e. The summed E-state index contributed by atoms with van der Waals surface area (Å²) in [6, 6.07) is 9.85. The van der Waals surface area contributed by atoms with Crippen molar-refractivity contribution in [3.63, 3.8) is 0 Å². The van der Waals surface area contributed by atoms with Gasteiger partial charge in [-0.15, -0.1) is 0 Å². The summed E-state index contributed by atoms with van der Waals surface area (Å²) >= 11 is 0. The van der Waals surface area contributed by atoms with E-state index in [1.165, 1.54) is 17.7 Å². The van der Waals surface area contributed by atoms with Gasteiger partial charge in [-0.1, -0.05) is 26.0 Å². The molecule has 0 aliphatic heterocycles. The normalized spacial score (nSPS) is 14.0. The molecule has 2 unspecified atom stereocenters. The van der Waals surface area contributed by atoms with Crippen LogP contribution in [0.15, 0.2) is 24.3 Å². The molecular formula is C18H32N2O. The van der Waals surface area contributed by atoms with E-state index in [0.717, 1.165) is 26.1 Å². The third kappa shape index (κ3) is 5.33. The first-order chi connectivity index (χ1) is 10.2. The highest BCUT2D eigenvalue weighted by Gasteiger charge is 2.14. The summed E-state index contributed by atoms with van der Waals surface area (Å²) in [4.78, 5) is 2.38. The fourth-order valence-electron chi connectivity index (χ4n) is 2.79. The highest BCUT2D eigenvalue weighted by Crippen LogP contribution is 2.22. The Kier molecular flexibility index (Phi) is 8.40. The van der Waals surface area contributed by atoms with Gasteiger partial charge in [-0.25, -0.2) is 0 Å². The average Bonchev–Trinajstić information content (AvgIpc) is 2.50. The van der Waals surface area contributed by atoms with E-state index in [1.807, 2.05) is 0 Å². The van der Waals surface area contributed by atoms with Gasteiger partial charge in [0.2, 0.25) is 0 Å². The molecule has 21 heavy (non-hydrogen) atoms. The number of nitrogens with zero attached hydrogens (tertiary/aromatic N) is 1. The summed E-state index contributed by atoms with van der Waals surface area (Å²) in [5.74, 6) is 0. The van der Waals surface area contributed by atoms with Crippen LogP contribution in [0.3, 0.4) is 0 Å². The van der Waals surface area contributed by atoms with Crippen LogP contribution in [-0.2, 0) is 4.74 Å². The standard InChI is InChI=1S/C18H32N2O/c1-6-13-19-18(7-2)16-9-11-17(12-10-16)20(8-3)15(4)14-21-5/h9-12,15,18-19H,6-8,13-14H2,1-5H3. The van der Waals surface area contributed by atoms with Crippen molar-refractivity contribution in [1.82, 2.24) is 5.32 Å². The fourth-order valence-corrected chi connectivity index (χ4v) is 2.79. The van der Waals surface area contributed by atoms with Gasteiger partial charge >= 0.3 is 0 Å². The van der Waals surface area contributed by atoms with Gasteiger partial charge in [0.1, 0.15) is 0 Å². The number of likely N-dealkylation sites (N-methyl/N-ethyl adjacent to an activating group) is 1. The van der Waals surface area contributed by atoms with Gasteiger partial charge in [-0.2, -0.15) is 0 Å². The Hall–Kier alpha value is -1.06. The lowest BCUT2D eigenvalue weighted by Crippen LogP contribution is -2.36. The molecule has 1 N–H and O–H groups in total. The highest BCUT2D eigenvalue weighted by atomic mass is 16.5. The monoisotopic (exact) mass is 292 g/mol. The summed E-state index contributed by atoms with van der Waals surface area (Å²) < 4.78 is 5.28. The SMILES string of the molecule is CCCNC(CC)c1ccc(N(CC)C(C)COC)cc1. The van der Waals surface area contributed by atoms with E-state index in [1.54, 1.807) is 7.11 Å². The van der Waals surface area contributed by atoms with Crippen molar-refractivity contribution in [2.45, 2.75) is 52.6 Å². The number of anilines is 1. The molecule has 0 saturated heterocycles. The van der Waals surface area contributed by atoms with Crippen molar-refractivity contribution < 1.29 is 4.74 Å². The van der Waals surface area contributed by atoms with Crippen LogP contribution in [0.5, 0.6) is 0 Å². The van der Waals surface area contributed by atoms with E-state index in [9.17, 15) is 0 Å². The van der Waals surface area contributed by atoms with Crippen molar-refractivity contribution in [2.75, 3.05) is 31.7 Å². The van der Waals surface area contributed by atoms with Gasteiger partial charge in [-0.3, -0.25) is 0 Å². The van der Waals surface area contributed by atoms with Crippen LogP contribution in [0.2, 0.25) is 0 Å². The topological polar surface area (TPSA) is 24.5 Å². The smallest absolute Gasteiger partial charge is 0.0663 e. The van der Waals surface area contributed by atoms with Crippen LogP contribution in [0, 0.1) is 0 Å². The number of ether oxygens (including phenoxy) is 1. The second kappa shape index (κ2) is 9.80. The van der Waals surface area contributed by atoms with E-state index in [2.05, 4.69) is 62.2 Å². The Morgan fingerprint density at radius 3 is 2.29 bits per heavy atom. The second-order valence-corrected chi connectivity index (χ2v) is 5.60. The molecule has 0 aromatic heterocycles. The molecule has 120 valence electrons. The summed E-state index contributed by atoms with van der Waals surface area (Å²) in [6.45, 7) is 11.7. The number of nitrogens with one attached hydrogen (secondary N) is 1. The number of rotatable bonds is 10.